The van der Waals surface area contributed by atoms with Crippen LogP contribution in [-0.2, 0) is 11.3 Å². The second kappa shape index (κ2) is 8.74. The van der Waals surface area contributed by atoms with Crippen molar-refractivity contribution in [2.75, 3.05) is 18.0 Å². The van der Waals surface area contributed by atoms with Crippen molar-refractivity contribution in [3.8, 4) is 11.3 Å². The number of hydrogen-bond donors (Lipinski definition) is 1. The molecule has 0 aliphatic carbocycles. The molecule has 7 nitrogen and oxygen atoms in total. The Morgan fingerprint density at radius 1 is 1.06 bits per heavy atom. The van der Waals surface area contributed by atoms with Gasteiger partial charge in [0.1, 0.15) is 18.0 Å². The van der Waals surface area contributed by atoms with Gasteiger partial charge in [-0.1, -0.05) is 42.5 Å². The van der Waals surface area contributed by atoms with E-state index in [9.17, 15) is 9.18 Å². The van der Waals surface area contributed by atoms with E-state index in [0.717, 1.165) is 48.6 Å². The highest BCUT2D eigenvalue weighted by atomic mass is 19.1. The Balaban J connectivity index is 1.27. The lowest BCUT2D eigenvalue weighted by atomic mass is 9.95. The Morgan fingerprint density at radius 3 is 2.56 bits per heavy atom. The molecular formula is C24H23FN6O. The quantitative estimate of drug-likeness (QED) is 0.525. The van der Waals surface area contributed by atoms with Crippen molar-refractivity contribution in [2.45, 2.75) is 19.4 Å². The van der Waals surface area contributed by atoms with Gasteiger partial charge >= 0.3 is 0 Å². The summed E-state index contributed by atoms with van der Waals surface area (Å²) in [7, 11) is 0. The van der Waals surface area contributed by atoms with E-state index in [2.05, 4.69) is 25.3 Å². The molecule has 1 N–H and O–H groups in total. The smallest absolute Gasteiger partial charge is 0.254 e. The molecule has 0 atom stereocenters. The molecule has 1 fully saturated rings. The lowest BCUT2D eigenvalue weighted by molar-refractivity contribution is -0.125. The molecule has 0 saturated carbocycles. The number of piperidine rings is 1. The Kier molecular flexibility index (Phi) is 5.49. The number of aromatic nitrogens is 4. The van der Waals surface area contributed by atoms with Gasteiger partial charge in [0.05, 0.1) is 5.69 Å². The normalized spacial score (nSPS) is 14.6. The summed E-state index contributed by atoms with van der Waals surface area (Å²) < 4.78 is 14.8. The van der Waals surface area contributed by atoms with Crippen molar-refractivity contribution in [3.63, 3.8) is 0 Å². The third-order valence-electron chi connectivity index (χ3n) is 5.87. The molecule has 5 rings (SSSR count). The molecule has 0 bridgehead atoms. The van der Waals surface area contributed by atoms with Crippen LogP contribution < -0.4 is 10.2 Å². The topological polar surface area (TPSA) is 75.4 Å². The Hall–Kier alpha value is -3.81. The minimum atomic E-state index is -0.277. The molecule has 4 aromatic rings. The zero-order valence-corrected chi connectivity index (χ0v) is 17.5. The van der Waals surface area contributed by atoms with E-state index < -0.39 is 0 Å². The van der Waals surface area contributed by atoms with Gasteiger partial charge in [0.15, 0.2) is 0 Å². The van der Waals surface area contributed by atoms with Crippen LogP contribution in [0.3, 0.4) is 0 Å². The standard InChI is InChI=1S/C24H23FN6O/c25-20-8-6-17(7-9-20)15-26-23(32)19-10-12-30(13-11-19)22-14-21(18-4-2-1-3-5-18)29-24-27-16-28-31(22)24/h1-9,14,16,19H,10-13,15H2,(H,26,32). The van der Waals surface area contributed by atoms with Gasteiger partial charge in [0.25, 0.3) is 5.78 Å². The van der Waals surface area contributed by atoms with Crippen LogP contribution in [0.15, 0.2) is 67.0 Å². The van der Waals surface area contributed by atoms with Crippen LogP contribution in [-0.4, -0.2) is 38.6 Å². The molecule has 1 saturated heterocycles. The summed E-state index contributed by atoms with van der Waals surface area (Å²) in [6, 6.07) is 18.2. The van der Waals surface area contributed by atoms with Gasteiger partial charge in [-0.15, -0.1) is 0 Å². The number of fused-ring (bicyclic) bond motifs is 1. The SMILES string of the molecule is O=C(NCc1ccc(F)cc1)C1CCN(c2cc(-c3ccccc3)nc3ncnn23)CC1. The van der Waals surface area contributed by atoms with Gasteiger partial charge in [0.2, 0.25) is 5.91 Å². The second-order valence-corrected chi connectivity index (χ2v) is 7.94. The highest BCUT2D eigenvalue weighted by Gasteiger charge is 2.26. The number of nitrogens with one attached hydrogen (secondary N) is 1. The highest BCUT2D eigenvalue weighted by molar-refractivity contribution is 5.79. The largest absolute Gasteiger partial charge is 0.356 e. The summed E-state index contributed by atoms with van der Waals surface area (Å²) in [4.78, 5) is 23.8. The lowest BCUT2D eigenvalue weighted by Crippen LogP contribution is -2.41. The van der Waals surface area contributed by atoms with Crippen molar-refractivity contribution in [3.05, 3.63) is 78.4 Å². The number of amides is 1. The van der Waals surface area contributed by atoms with Crippen LogP contribution >= 0.6 is 0 Å². The maximum Gasteiger partial charge on any atom is 0.254 e. The molecule has 2 aromatic carbocycles. The summed E-state index contributed by atoms with van der Waals surface area (Å²) in [6.07, 6.45) is 3.00. The van der Waals surface area contributed by atoms with Gasteiger partial charge in [-0.05, 0) is 30.5 Å². The Bertz CT molecular complexity index is 1220. The molecule has 162 valence electrons. The number of carbonyl (C=O) groups is 1. The molecule has 1 amide bonds. The predicted octanol–water partition coefficient (Wildman–Crippen LogP) is 3.46. The van der Waals surface area contributed by atoms with Crippen LogP contribution in [0.2, 0.25) is 0 Å². The summed E-state index contributed by atoms with van der Waals surface area (Å²) in [5.74, 6) is 1.20. The number of nitrogens with zero attached hydrogens (tertiary/aromatic N) is 5. The van der Waals surface area contributed by atoms with Crippen molar-refractivity contribution in [1.82, 2.24) is 24.9 Å². The van der Waals surface area contributed by atoms with E-state index in [1.165, 1.54) is 18.5 Å². The van der Waals surface area contributed by atoms with Crippen LogP contribution in [0.1, 0.15) is 18.4 Å². The van der Waals surface area contributed by atoms with E-state index in [1.807, 2.05) is 36.4 Å². The van der Waals surface area contributed by atoms with Gasteiger partial charge < -0.3 is 10.2 Å². The molecule has 1 aliphatic rings. The van der Waals surface area contributed by atoms with Crippen LogP contribution in [0.25, 0.3) is 17.0 Å². The van der Waals surface area contributed by atoms with E-state index in [4.69, 9.17) is 0 Å². The number of rotatable bonds is 5. The van der Waals surface area contributed by atoms with Gasteiger partial charge in [0, 0.05) is 37.2 Å². The summed E-state index contributed by atoms with van der Waals surface area (Å²) >= 11 is 0. The Labute approximate surface area is 184 Å². The van der Waals surface area contributed by atoms with E-state index in [1.54, 1.807) is 16.6 Å². The lowest BCUT2D eigenvalue weighted by Gasteiger charge is -2.33. The predicted molar refractivity (Wildman–Crippen MR) is 119 cm³/mol. The van der Waals surface area contributed by atoms with E-state index in [-0.39, 0.29) is 17.6 Å². The number of benzene rings is 2. The number of hydrogen-bond acceptors (Lipinski definition) is 5. The number of anilines is 1. The fourth-order valence-corrected chi connectivity index (χ4v) is 4.09. The molecule has 3 heterocycles. The van der Waals surface area contributed by atoms with Gasteiger partial charge in [-0.2, -0.15) is 14.6 Å². The number of halogens is 1. The summed E-state index contributed by atoms with van der Waals surface area (Å²) in [5, 5.41) is 7.33. The van der Waals surface area contributed by atoms with E-state index in [0.29, 0.717) is 12.3 Å². The van der Waals surface area contributed by atoms with Crippen molar-refractivity contribution in [2.24, 2.45) is 5.92 Å². The monoisotopic (exact) mass is 430 g/mol. The maximum atomic E-state index is 13.0. The average molecular weight is 430 g/mol. The molecular weight excluding hydrogens is 407 g/mol. The van der Waals surface area contributed by atoms with Crippen LogP contribution in [0, 0.1) is 11.7 Å². The molecule has 8 heteroatoms. The fraction of sp³-hybridized carbons (Fsp3) is 0.250. The number of carbonyl (C=O) groups excluding carboxylic acids is 1. The fourth-order valence-electron chi connectivity index (χ4n) is 4.09. The molecule has 1 aliphatic heterocycles. The molecule has 2 aromatic heterocycles. The van der Waals surface area contributed by atoms with E-state index >= 15 is 0 Å². The Morgan fingerprint density at radius 2 is 1.81 bits per heavy atom. The van der Waals surface area contributed by atoms with Crippen LogP contribution in [0.4, 0.5) is 10.2 Å². The second-order valence-electron chi connectivity index (χ2n) is 7.94. The van der Waals surface area contributed by atoms with Crippen molar-refractivity contribution >= 4 is 17.5 Å². The first-order chi connectivity index (χ1) is 15.7. The summed E-state index contributed by atoms with van der Waals surface area (Å²) in [6.45, 7) is 1.88. The average Bonchev–Trinajstić information content (AvgIpc) is 3.32. The van der Waals surface area contributed by atoms with Gasteiger partial charge in [-0.25, -0.2) is 9.37 Å². The molecule has 0 radical (unpaired) electrons. The molecule has 32 heavy (non-hydrogen) atoms. The zero-order chi connectivity index (χ0) is 21.9. The highest BCUT2D eigenvalue weighted by Crippen LogP contribution is 2.27. The summed E-state index contributed by atoms with van der Waals surface area (Å²) in [5.41, 5.74) is 2.76. The minimum absolute atomic E-state index is 0.0413. The molecule has 0 unspecified atom stereocenters. The van der Waals surface area contributed by atoms with Gasteiger partial charge in [-0.3, -0.25) is 4.79 Å². The first kappa shape index (κ1) is 20.1. The first-order valence-corrected chi connectivity index (χ1v) is 10.7. The third kappa shape index (κ3) is 4.16. The zero-order valence-electron chi connectivity index (χ0n) is 17.5. The van der Waals surface area contributed by atoms with Crippen molar-refractivity contribution < 1.29 is 9.18 Å². The molecule has 0 spiro atoms. The maximum absolute atomic E-state index is 13.0. The minimum Gasteiger partial charge on any atom is -0.356 e. The van der Waals surface area contributed by atoms with Crippen molar-refractivity contribution in [1.29, 1.82) is 0 Å². The third-order valence-corrected chi connectivity index (χ3v) is 5.87. The first-order valence-electron chi connectivity index (χ1n) is 10.7. The van der Waals surface area contributed by atoms with Crippen LogP contribution in [0.5, 0.6) is 0 Å².